The lowest BCUT2D eigenvalue weighted by Crippen LogP contribution is -2.01. The maximum atomic E-state index is 5.69. The quantitative estimate of drug-likeness (QED) is 0.663. The molecule has 2 heterocycles. The van der Waals surface area contributed by atoms with Gasteiger partial charge in [0.15, 0.2) is 0 Å². The molecule has 0 aliphatic rings. The van der Waals surface area contributed by atoms with Gasteiger partial charge in [0.25, 0.3) is 0 Å². The zero-order valence-corrected chi connectivity index (χ0v) is 11.2. The van der Waals surface area contributed by atoms with Crippen molar-refractivity contribution < 1.29 is 4.74 Å². The molecule has 0 bridgehead atoms. The minimum atomic E-state index is 0.290. The molecule has 0 saturated carbocycles. The molecule has 7 nitrogen and oxygen atoms in total. The maximum absolute atomic E-state index is 5.69. The van der Waals surface area contributed by atoms with Crippen LogP contribution in [0.5, 0.6) is 11.5 Å². The first kappa shape index (κ1) is 12.9. The van der Waals surface area contributed by atoms with Crippen LogP contribution in [-0.2, 0) is 6.54 Å². The van der Waals surface area contributed by atoms with Crippen molar-refractivity contribution in [1.29, 1.82) is 0 Å². The fourth-order valence-electron chi connectivity index (χ4n) is 1.75. The Morgan fingerprint density at radius 3 is 2.43 bits per heavy atom. The van der Waals surface area contributed by atoms with Crippen LogP contribution in [0.3, 0.4) is 0 Å². The number of nitrogen functional groups attached to an aromatic ring is 1. The van der Waals surface area contributed by atoms with Gasteiger partial charge in [-0.25, -0.2) is 5.10 Å². The van der Waals surface area contributed by atoms with Gasteiger partial charge < -0.3 is 15.8 Å². The average Bonchev–Trinajstić information content (AvgIpc) is 2.93. The molecule has 0 saturated heterocycles. The van der Waals surface area contributed by atoms with Crippen molar-refractivity contribution >= 4 is 11.9 Å². The lowest BCUT2D eigenvalue weighted by atomic mass is 10.2. The Morgan fingerprint density at radius 2 is 1.76 bits per heavy atom. The van der Waals surface area contributed by atoms with E-state index in [1.165, 1.54) is 0 Å². The van der Waals surface area contributed by atoms with Crippen molar-refractivity contribution in [3.8, 4) is 11.5 Å². The summed E-state index contributed by atoms with van der Waals surface area (Å²) in [6.45, 7) is 0.604. The van der Waals surface area contributed by atoms with Gasteiger partial charge in [0, 0.05) is 18.9 Å². The Balaban J connectivity index is 1.59. The maximum Gasteiger partial charge on any atom is 0.243 e. The van der Waals surface area contributed by atoms with Gasteiger partial charge in [-0.05, 0) is 29.8 Å². The smallest absolute Gasteiger partial charge is 0.243 e. The first-order valence-corrected chi connectivity index (χ1v) is 6.38. The van der Waals surface area contributed by atoms with Crippen molar-refractivity contribution in [2.45, 2.75) is 6.54 Å². The Hall–Kier alpha value is -3.09. The van der Waals surface area contributed by atoms with Crippen LogP contribution in [0.2, 0.25) is 0 Å². The predicted molar refractivity (Wildman–Crippen MR) is 78.9 cm³/mol. The molecule has 106 valence electrons. The molecule has 7 heteroatoms. The summed E-state index contributed by atoms with van der Waals surface area (Å²) in [5, 5.41) is 9.54. The number of hydrogen-bond donors (Lipinski definition) is 3. The van der Waals surface area contributed by atoms with Crippen molar-refractivity contribution in [2.24, 2.45) is 0 Å². The molecule has 4 N–H and O–H groups in total. The second kappa shape index (κ2) is 5.91. The van der Waals surface area contributed by atoms with Gasteiger partial charge in [0.05, 0.1) is 0 Å². The zero-order valence-electron chi connectivity index (χ0n) is 11.2. The zero-order chi connectivity index (χ0) is 14.5. The molecule has 3 aromatic rings. The number of pyridine rings is 1. The van der Waals surface area contributed by atoms with Gasteiger partial charge in [-0.15, -0.1) is 5.10 Å². The number of rotatable bonds is 5. The number of nitrogens with zero attached hydrogens (tertiary/aromatic N) is 3. The third kappa shape index (κ3) is 3.47. The largest absolute Gasteiger partial charge is 0.457 e. The van der Waals surface area contributed by atoms with Crippen LogP contribution >= 0.6 is 0 Å². The summed E-state index contributed by atoms with van der Waals surface area (Å²) in [5.41, 5.74) is 6.53. The molecular weight excluding hydrogens is 268 g/mol. The number of aromatic nitrogens is 4. The molecule has 0 atom stereocenters. The average molecular weight is 282 g/mol. The van der Waals surface area contributed by atoms with Crippen LogP contribution in [0.15, 0.2) is 48.8 Å². The molecule has 0 unspecified atom stereocenters. The van der Waals surface area contributed by atoms with Gasteiger partial charge in [0.1, 0.15) is 11.5 Å². The summed E-state index contributed by atoms with van der Waals surface area (Å²) in [5.74, 6) is 2.29. The standard InChI is InChI=1S/C14H14N6O/c15-13-18-14(20-19-13)17-9-10-1-3-11(4-2-10)21-12-5-7-16-8-6-12/h1-8H,9H2,(H4,15,17,18,19,20). The van der Waals surface area contributed by atoms with E-state index in [1.807, 2.05) is 36.4 Å². The highest BCUT2D eigenvalue weighted by atomic mass is 16.5. The van der Waals surface area contributed by atoms with Gasteiger partial charge in [-0.3, -0.25) is 4.98 Å². The summed E-state index contributed by atoms with van der Waals surface area (Å²) in [4.78, 5) is 7.91. The Morgan fingerprint density at radius 1 is 1.05 bits per heavy atom. The second-order valence-corrected chi connectivity index (χ2v) is 4.33. The molecule has 0 aliphatic carbocycles. The van der Waals surface area contributed by atoms with E-state index in [0.717, 1.165) is 17.1 Å². The minimum absolute atomic E-state index is 0.290. The topological polar surface area (TPSA) is 102 Å². The normalized spacial score (nSPS) is 10.3. The van der Waals surface area contributed by atoms with Crippen LogP contribution in [0, 0.1) is 0 Å². The van der Waals surface area contributed by atoms with Gasteiger partial charge in [-0.2, -0.15) is 4.98 Å². The first-order valence-electron chi connectivity index (χ1n) is 6.38. The predicted octanol–water partition coefficient (Wildman–Crippen LogP) is 2.19. The molecule has 3 rings (SSSR count). The summed E-state index contributed by atoms with van der Waals surface area (Å²) < 4.78 is 5.69. The van der Waals surface area contributed by atoms with E-state index in [9.17, 15) is 0 Å². The fourth-order valence-corrected chi connectivity index (χ4v) is 1.75. The number of hydrogen-bond acceptors (Lipinski definition) is 6. The van der Waals surface area contributed by atoms with Crippen molar-refractivity contribution in [3.05, 3.63) is 54.4 Å². The van der Waals surface area contributed by atoms with E-state index in [0.29, 0.717) is 18.4 Å². The lowest BCUT2D eigenvalue weighted by molar-refractivity contribution is 0.482. The number of aromatic amines is 1. The Labute approximate surface area is 121 Å². The molecule has 0 fully saturated rings. The van der Waals surface area contributed by atoms with E-state index in [1.54, 1.807) is 12.4 Å². The molecule has 0 aliphatic heterocycles. The van der Waals surface area contributed by atoms with Crippen molar-refractivity contribution in [3.63, 3.8) is 0 Å². The number of nitrogens with two attached hydrogens (primary N) is 1. The van der Waals surface area contributed by atoms with E-state index in [4.69, 9.17) is 10.5 Å². The highest BCUT2D eigenvalue weighted by Gasteiger charge is 2.01. The molecular formula is C14H14N6O. The fraction of sp³-hybridized carbons (Fsp3) is 0.0714. The van der Waals surface area contributed by atoms with E-state index < -0.39 is 0 Å². The minimum Gasteiger partial charge on any atom is -0.457 e. The Bertz CT molecular complexity index is 695. The number of anilines is 2. The highest BCUT2D eigenvalue weighted by Crippen LogP contribution is 2.20. The van der Waals surface area contributed by atoms with Gasteiger partial charge in [-0.1, -0.05) is 12.1 Å². The van der Waals surface area contributed by atoms with Crippen LogP contribution in [-0.4, -0.2) is 20.2 Å². The number of benzene rings is 1. The van der Waals surface area contributed by atoms with Crippen molar-refractivity contribution in [1.82, 2.24) is 20.2 Å². The summed E-state index contributed by atoms with van der Waals surface area (Å²) in [6.07, 6.45) is 3.38. The SMILES string of the molecule is Nc1nc(NCc2ccc(Oc3ccncc3)cc2)n[nH]1. The van der Waals surface area contributed by atoms with Crippen LogP contribution < -0.4 is 15.8 Å². The molecule has 0 spiro atoms. The van der Waals surface area contributed by atoms with E-state index >= 15 is 0 Å². The van der Waals surface area contributed by atoms with Gasteiger partial charge in [0.2, 0.25) is 11.9 Å². The third-order valence-corrected chi connectivity index (χ3v) is 2.76. The second-order valence-electron chi connectivity index (χ2n) is 4.33. The van der Waals surface area contributed by atoms with Gasteiger partial charge >= 0.3 is 0 Å². The molecule has 0 amide bonds. The molecule has 0 radical (unpaired) electrons. The highest BCUT2D eigenvalue weighted by molar-refractivity contribution is 5.35. The summed E-state index contributed by atoms with van der Waals surface area (Å²) >= 11 is 0. The van der Waals surface area contributed by atoms with Crippen molar-refractivity contribution in [2.75, 3.05) is 11.1 Å². The molecule has 2 aromatic heterocycles. The Kier molecular flexibility index (Phi) is 3.64. The summed E-state index contributed by atoms with van der Waals surface area (Å²) in [6, 6.07) is 11.4. The van der Waals surface area contributed by atoms with E-state index in [-0.39, 0.29) is 0 Å². The first-order chi connectivity index (χ1) is 10.3. The van der Waals surface area contributed by atoms with Crippen LogP contribution in [0.1, 0.15) is 5.56 Å². The molecule has 21 heavy (non-hydrogen) atoms. The molecule has 1 aromatic carbocycles. The number of H-pyrrole nitrogens is 1. The lowest BCUT2D eigenvalue weighted by Gasteiger charge is -2.06. The van der Waals surface area contributed by atoms with Crippen LogP contribution in [0.25, 0.3) is 0 Å². The number of ether oxygens (including phenoxy) is 1. The van der Waals surface area contributed by atoms with E-state index in [2.05, 4.69) is 25.5 Å². The number of nitrogens with one attached hydrogen (secondary N) is 2. The van der Waals surface area contributed by atoms with Crippen LogP contribution in [0.4, 0.5) is 11.9 Å². The third-order valence-electron chi connectivity index (χ3n) is 2.76. The summed E-state index contributed by atoms with van der Waals surface area (Å²) in [7, 11) is 0. The monoisotopic (exact) mass is 282 g/mol.